The summed E-state index contributed by atoms with van der Waals surface area (Å²) < 4.78 is 0. The minimum Gasteiger partial charge on any atom is -0.321 e. The van der Waals surface area contributed by atoms with Crippen molar-refractivity contribution >= 4 is 40.7 Å². The molecule has 3 rings (SSSR count). The van der Waals surface area contributed by atoms with E-state index in [4.69, 9.17) is 11.6 Å². The molecule has 1 N–H and O–H groups in total. The van der Waals surface area contributed by atoms with Crippen molar-refractivity contribution in [2.75, 3.05) is 10.2 Å². The molecule has 1 aromatic carbocycles. The van der Waals surface area contributed by atoms with Gasteiger partial charge in [-0.25, -0.2) is 4.90 Å². The highest BCUT2D eigenvalue weighted by Crippen LogP contribution is 2.42. The summed E-state index contributed by atoms with van der Waals surface area (Å²) in [6.45, 7) is 3.40. The Kier molecular flexibility index (Phi) is 4.22. The maximum Gasteiger partial charge on any atom is 0.247 e. The largest absolute Gasteiger partial charge is 0.321 e. The van der Waals surface area contributed by atoms with Crippen molar-refractivity contribution < 1.29 is 14.4 Å². The number of hydrogen-bond acceptors (Lipinski definition) is 3. The molecule has 1 heterocycles. The lowest BCUT2D eigenvalue weighted by Gasteiger charge is -2.19. The molecule has 2 fully saturated rings. The molecule has 1 aromatic rings. The van der Waals surface area contributed by atoms with Gasteiger partial charge in [-0.15, -0.1) is 0 Å². The summed E-state index contributed by atoms with van der Waals surface area (Å²) in [5.41, 5.74) is 0.705. The number of amides is 3. The van der Waals surface area contributed by atoms with Crippen LogP contribution in [0.2, 0.25) is 5.02 Å². The second-order valence-corrected chi connectivity index (χ2v) is 6.30. The highest BCUT2D eigenvalue weighted by Gasteiger charge is 2.49. The Bertz CT molecular complexity index is 677. The third kappa shape index (κ3) is 2.77. The Labute approximate surface area is 139 Å². The van der Waals surface area contributed by atoms with Gasteiger partial charge in [0.2, 0.25) is 17.7 Å². The Balaban J connectivity index is 2.01. The molecule has 23 heavy (non-hydrogen) atoms. The van der Waals surface area contributed by atoms with Gasteiger partial charge in [0, 0.05) is 5.02 Å². The number of benzene rings is 1. The number of anilines is 2. The Morgan fingerprint density at radius 3 is 2.39 bits per heavy atom. The zero-order valence-corrected chi connectivity index (χ0v) is 13.3. The van der Waals surface area contributed by atoms with Gasteiger partial charge in [-0.2, -0.15) is 0 Å². The Hall–Kier alpha value is -2.14. The highest BCUT2D eigenvalue weighted by atomic mass is 35.5. The van der Waals surface area contributed by atoms with E-state index >= 15 is 0 Å². The predicted molar refractivity (Wildman–Crippen MR) is 88.2 cm³/mol. The minimum absolute atomic E-state index is 0.198. The van der Waals surface area contributed by atoms with E-state index in [-0.39, 0.29) is 23.7 Å². The molecule has 0 spiro atoms. The molecule has 2 aliphatic rings. The van der Waals surface area contributed by atoms with Crippen molar-refractivity contribution in [1.29, 1.82) is 0 Å². The fourth-order valence-corrected chi connectivity index (χ4v) is 3.55. The van der Waals surface area contributed by atoms with Gasteiger partial charge >= 0.3 is 0 Å². The molecule has 2 unspecified atom stereocenters. The van der Waals surface area contributed by atoms with Crippen LogP contribution in [0.4, 0.5) is 11.4 Å². The first kappa shape index (κ1) is 15.7. The molecule has 5 nitrogen and oxygen atoms in total. The molecule has 3 amide bonds. The quantitative estimate of drug-likeness (QED) is 0.683. The van der Waals surface area contributed by atoms with E-state index < -0.39 is 5.91 Å². The van der Waals surface area contributed by atoms with Crippen molar-refractivity contribution in [2.45, 2.75) is 25.7 Å². The van der Waals surface area contributed by atoms with E-state index in [1.54, 1.807) is 12.1 Å². The molecule has 1 saturated carbocycles. The third-order valence-electron chi connectivity index (χ3n) is 4.49. The van der Waals surface area contributed by atoms with Crippen LogP contribution in [0, 0.1) is 11.8 Å². The SMILES string of the molecule is C=CC(=O)Nc1ccc(Cl)cc1N1C(=O)C2CCCCC2C1=O. The molecule has 1 saturated heterocycles. The zero-order valence-electron chi connectivity index (χ0n) is 12.5. The standard InChI is InChI=1S/C17H17ClN2O3/c1-2-15(21)19-13-8-7-10(18)9-14(13)20-16(22)11-5-3-4-6-12(11)17(20)23/h2,7-9,11-12H,1,3-6H2,(H,19,21). The van der Waals surface area contributed by atoms with Crippen molar-refractivity contribution in [3.05, 3.63) is 35.9 Å². The van der Waals surface area contributed by atoms with Crippen LogP contribution in [0.25, 0.3) is 0 Å². The Morgan fingerprint density at radius 1 is 1.22 bits per heavy atom. The van der Waals surface area contributed by atoms with E-state index in [0.29, 0.717) is 16.4 Å². The van der Waals surface area contributed by atoms with Crippen LogP contribution in [0.3, 0.4) is 0 Å². The monoisotopic (exact) mass is 332 g/mol. The number of hydrogen-bond donors (Lipinski definition) is 1. The van der Waals surface area contributed by atoms with Gasteiger partial charge in [0.05, 0.1) is 23.2 Å². The van der Waals surface area contributed by atoms with Crippen LogP contribution in [-0.4, -0.2) is 17.7 Å². The summed E-state index contributed by atoms with van der Waals surface area (Å²) in [5.74, 6) is -1.31. The van der Waals surface area contributed by atoms with E-state index in [1.165, 1.54) is 11.0 Å². The molecule has 2 atom stereocenters. The summed E-state index contributed by atoms with van der Waals surface area (Å²) in [6.07, 6.45) is 4.53. The second-order valence-electron chi connectivity index (χ2n) is 5.86. The van der Waals surface area contributed by atoms with Crippen LogP contribution in [0.1, 0.15) is 25.7 Å². The number of carbonyl (C=O) groups excluding carboxylic acids is 3. The number of halogens is 1. The summed E-state index contributed by atoms with van der Waals surface area (Å²) >= 11 is 6.03. The first-order chi connectivity index (χ1) is 11.0. The first-order valence-electron chi connectivity index (χ1n) is 7.63. The van der Waals surface area contributed by atoms with Gasteiger partial charge in [-0.1, -0.05) is 31.0 Å². The first-order valence-corrected chi connectivity index (χ1v) is 8.01. The lowest BCUT2D eigenvalue weighted by atomic mass is 9.81. The van der Waals surface area contributed by atoms with Gasteiger partial charge in [-0.3, -0.25) is 14.4 Å². The highest BCUT2D eigenvalue weighted by molar-refractivity contribution is 6.32. The summed E-state index contributed by atoms with van der Waals surface area (Å²) in [4.78, 5) is 38.2. The van der Waals surface area contributed by atoms with Crippen molar-refractivity contribution in [2.24, 2.45) is 11.8 Å². The maximum absolute atomic E-state index is 12.7. The van der Waals surface area contributed by atoms with E-state index in [2.05, 4.69) is 11.9 Å². The van der Waals surface area contributed by atoms with Crippen LogP contribution in [-0.2, 0) is 14.4 Å². The normalized spacial score (nSPS) is 23.6. The third-order valence-corrected chi connectivity index (χ3v) is 4.72. The van der Waals surface area contributed by atoms with E-state index in [1.807, 2.05) is 0 Å². The molecular weight excluding hydrogens is 316 g/mol. The number of nitrogens with zero attached hydrogens (tertiary/aromatic N) is 1. The molecular formula is C17H17ClN2O3. The van der Waals surface area contributed by atoms with Crippen molar-refractivity contribution in [3.63, 3.8) is 0 Å². The van der Waals surface area contributed by atoms with E-state index in [9.17, 15) is 14.4 Å². The molecule has 0 aromatic heterocycles. The minimum atomic E-state index is -0.412. The van der Waals surface area contributed by atoms with Gasteiger partial charge in [0.25, 0.3) is 0 Å². The van der Waals surface area contributed by atoms with Gasteiger partial charge < -0.3 is 5.32 Å². The van der Waals surface area contributed by atoms with Gasteiger partial charge in [0.1, 0.15) is 0 Å². The zero-order chi connectivity index (χ0) is 16.6. The molecule has 0 radical (unpaired) electrons. The van der Waals surface area contributed by atoms with Gasteiger partial charge in [0.15, 0.2) is 0 Å². The number of fused-ring (bicyclic) bond motifs is 1. The van der Waals surface area contributed by atoms with Crippen LogP contribution in [0.15, 0.2) is 30.9 Å². The summed E-state index contributed by atoms with van der Waals surface area (Å²) in [6, 6.07) is 4.72. The lowest BCUT2D eigenvalue weighted by Crippen LogP contribution is -2.31. The predicted octanol–water partition coefficient (Wildman–Crippen LogP) is 3.14. The lowest BCUT2D eigenvalue weighted by molar-refractivity contribution is -0.122. The van der Waals surface area contributed by atoms with Gasteiger partial charge in [-0.05, 0) is 37.1 Å². The molecule has 120 valence electrons. The molecule has 6 heteroatoms. The number of rotatable bonds is 3. The van der Waals surface area contributed by atoms with Crippen molar-refractivity contribution in [3.8, 4) is 0 Å². The van der Waals surface area contributed by atoms with E-state index in [0.717, 1.165) is 31.8 Å². The number of carbonyl (C=O) groups is 3. The summed E-state index contributed by atoms with van der Waals surface area (Å²) in [7, 11) is 0. The fourth-order valence-electron chi connectivity index (χ4n) is 3.38. The number of nitrogens with one attached hydrogen (secondary N) is 1. The molecule has 1 aliphatic heterocycles. The molecule has 0 bridgehead atoms. The Morgan fingerprint density at radius 2 is 1.83 bits per heavy atom. The average molecular weight is 333 g/mol. The smallest absolute Gasteiger partial charge is 0.247 e. The fraction of sp³-hybridized carbons (Fsp3) is 0.353. The second kappa shape index (κ2) is 6.16. The van der Waals surface area contributed by atoms with Crippen LogP contribution >= 0.6 is 11.6 Å². The number of imide groups is 1. The molecule has 1 aliphatic carbocycles. The van der Waals surface area contributed by atoms with Crippen LogP contribution < -0.4 is 10.2 Å². The average Bonchev–Trinajstić information content (AvgIpc) is 2.81. The summed E-state index contributed by atoms with van der Waals surface area (Å²) in [5, 5.41) is 3.02. The maximum atomic E-state index is 12.7. The van der Waals surface area contributed by atoms with Crippen molar-refractivity contribution in [1.82, 2.24) is 0 Å². The van der Waals surface area contributed by atoms with Crippen LogP contribution in [0.5, 0.6) is 0 Å². The topological polar surface area (TPSA) is 66.5 Å².